The van der Waals surface area contributed by atoms with Crippen LogP contribution in [0.15, 0.2) is 18.2 Å². The molecule has 0 spiro atoms. The molecule has 0 aliphatic heterocycles. The molecular formula is C18H25NOS. The highest BCUT2D eigenvalue weighted by Gasteiger charge is 2.19. The lowest BCUT2D eigenvalue weighted by molar-refractivity contribution is 0.394. The van der Waals surface area contributed by atoms with Crippen molar-refractivity contribution in [3.8, 4) is 17.6 Å². The number of benzene rings is 1. The van der Waals surface area contributed by atoms with E-state index in [1.807, 2.05) is 12.1 Å². The molecule has 1 saturated carbocycles. The maximum atomic E-state index is 5.49. The van der Waals surface area contributed by atoms with Crippen LogP contribution in [0.2, 0.25) is 0 Å². The first-order chi connectivity index (χ1) is 10.2. The zero-order valence-electron chi connectivity index (χ0n) is 13.0. The molecule has 3 heteroatoms. The smallest absolute Gasteiger partial charge is 0.119 e. The lowest BCUT2D eigenvalue weighted by atomic mass is 9.91. The van der Waals surface area contributed by atoms with Gasteiger partial charge in [0.15, 0.2) is 0 Å². The first kappa shape index (κ1) is 16.3. The van der Waals surface area contributed by atoms with Gasteiger partial charge in [0, 0.05) is 16.6 Å². The van der Waals surface area contributed by atoms with Gasteiger partial charge in [0.25, 0.3) is 0 Å². The van der Waals surface area contributed by atoms with Gasteiger partial charge in [0.05, 0.1) is 13.7 Å². The van der Waals surface area contributed by atoms with Crippen LogP contribution in [0.1, 0.15) is 43.7 Å². The molecule has 114 valence electrons. The Balaban J connectivity index is 2.05. The third-order valence-electron chi connectivity index (χ3n) is 4.00. The van der Waals surface area contributed by atoms with Crippen LogP contribution in [0, 0.1) is 17.8 Å². The van der Waals surface area contributed by atoms with E-state index < -0.39 is 0 Å². The fraction of sp³-hybridized carbons (Fsp3) is 0.556. The van der Waals surface area contributed by atoms with E-state index in [1.54, 1.807) is 7.11 Å². The van der Waals surface area contributed by atoms with E-state index in [0.29, 0.717) is 6.54 Å². The predicted molar refractivity (Wildman–Crippen MR) is 91.6 cm³/mol. The van der Waals surface area contributed by atoms with Crippen LogP contribution in [0.5, 0.6) is 5.75 Å². The van der Waals surface area contributed by atoms with Crippen molar-refractivity contribution in [3.63, 3.8) is 0 Å². The number of thioether (sulfide) groups is 1. The third kappa shape index (κ3) is 4.98. The van der Waals surface area contributed by atoms with Crippen molar-refractivity contribution in [2.75, 3.05) is 13.7 Å². The monoisotopic (exact) mass is 303 g/mol. The number of hydrogen-bond acceptors (Lipinski definition) is 3. The van der Waals surface area contributed by atoms with Crippen molar-refractivity contribution in [1.29, 1.82) is 0 Å². The first-order valence-corrected chi connectivity index (χ1v) is 8.75. The van der Waals surface area contributed by atoms with Crippen molar-refractivity contribution in [2.45, 2.75) is 43.6 Å². The molecule has 2 nitrogen and oxygen atoms in total. The summed E-state index contributed by atoms with van der Waals surface area (Å²) >= 11 is 2.07. The van der Waals surface area contributed by atoms with Gasteiger partial charge < -0.3 is 10.5 Å². The van der Waals surface area contributed by atoms with E-state index in [2.05, 4.69) is 36.6 Å². The molecule has 2 unspecified atom stereocenters. The van der Waals surface area contributed by atoms with Gasteiger partial charge in [-0.15, -0.1) is 0 Å². The molecular weight excluding hydrogens is 278 g/mol. The zero-order chi connectivity index (χ0) is 15.1. The molecule has 0 aromatic heterocycles. The topological polar surface area (TPSA) is 35.2 Å². The van der Waals surface area contributed by atoms with Crippen molar-refractivity contribution in [2.24, 2.45) is 11.7 Å². The quantitative estimate of drug-likeness (QED) is 0.859. The summed E-state index contributed by atoms with van der Waals surface area (Å²) < 4.78 is 5.34. The number of nitrogens with two attached hydrogens (primary N) is 1. The maximum Gasteiger partial charge on any atom is 0.119 e. The Morgan fingerprint density at radius 3 is 2.95 bits per heavy atom. The van der Waals surface area contributed by atoms with Crippen LogP contribution in [-0.4, -0.2) is 18.9 Å². The van der Waals surface area contributed by atoms with Crippen LogP contribution in [0.4, 0.5) is 0 Å². The minimum atomic E-state index is 0.402. The Morgan fingerprint density at radius 1 is 1.38 bits per heavy atom. The van der Waals surface area contributed by atoms with Crippen molar-refractivity contribution >= 4 is 11.8 Å². The average Bonchev–Trinajstić information content (AvgIpc) is 2.51. The Kier molecular flexibility index (Phi) is 6.48. The SMILES string of the molecule is COc1ccc(C#CCN)c(CSC2CCCC(C)C2)c1. The maximum absolute atomic E-state index is 5.49. The van der Waals surface area contributed by atoms with Crippen LogP contribution in [0.3, 0.4) is 0 Å². The second kappa shape index (κ2) is 8.36. The summed E-state index contributed by atoms with van der Waals surface area (Å²) in [5.41, 5.74) is 7.83. The molecule has 0 bridgehead atoms. The highest BCUT2D eigenvalue weighted by molar-refractivity contribution is 7.99. The summed E-state index contributed by atoms with van der Waals surface area (Å²) in [6, 6.07) is 6.12. The molecule has 2 atom stereocenters. The van der Waals surface area contributed by atoms with Gasteiger partial charge >= 0.3 is 0 Å². The summed E-state index contributed by atoms with van der Waals surface area (Å²) in [6.45, 7) is 2.77. The fourth-order valence-electron chi connectivity index (χ4n) is 2.82. The number of rotatable bonds is 4. The van der Waals surface area contributed by atoms with E-state index in [0.717, 1.165) is 28.2 Å². The molecule has 1 fully saturated rings. The van der Waals surface area contributed by atoms with Crippen molar-refractivity contribution < 1.29 is 4.74 Å². The van der Waals surface area contributed by atoms with E-state index in [9.17, 15) is 0 Å². The molecule has 0 saturated heterocycles. The molecule has 1 aliphatic carbocycles. The Bertz CT molecular complexity index is 518. The molecule has 2 rings (SSSR count). The molecule has 2 N–H and O–H groups in total. The van der Waals surface area contributed by atoms with E-state index in [-0.39, 0.29) is 0 Å². The molecule has 0 heterocycles. The van der Waals surface area contributed by atoms with Gasteiger partial charge in [0.1, 0.15) is 5.75 Å². The first-order valence-electron chi connectivity index (χ1n) is 7.70. The largest absolute Gasteiger partial charge is 0.497 e. The molecule has 1 aromatic rings. The number of ether oxygens (including phenoxy) is 1. The van der Waals surface area contributed by atoms with Crippen molar-refractivity contribution in [1.82, 2.24) is 0 Å². The third-order valence-corrected chi connectivity index (χ3v) is 5.38. The van der Waals surface area contributed by atoms with Gasteiger partial charge in [-0.25, -0.2) is 0 Å². The highest BCUT2D eigenvalue weighted by atomic mass is 32.2. The van der Waals surface area contributed by atoms with Gasteiger partial charge in [0.2, 0.25) is 0 Å². The van der Waals surface area contributed by atoms with Gasteiger partial charge in [-0.1, -0.05) is 31.6 Å². The molecule has 0 amide bonds. The molecule has 1 aromatic carbocycles. The van der Waals surface area contributed by atoms with E-state index in [1.165, 1.54) is 31.2 Å². The molecule has 21 heavy (non-hydrogen) atoms. The second-order valence-electron chi connectivity index (χ2n) is 5.73. The van der Waals surface area contributed by atoms with E-state index in [4.69, 9.17) is 10.5 Å². The van der Waals surface area contributed by atoms with Gasteiger partial charge in [-0.2, -0.15) is 11.8 Å². The zero-order valence-corrected chi connectivity index (χ0v) is 13.8. The Morgan fingerprint density at radius 2 is 2.24 bits per heavy atom. The average molecular weight is 303 g/mol. The Labute approximate surface area is 132 Å². The normalized spacial score (nSPS) is 21.5. The summed E-state index contributed by atoms with van der Waals surface area (Å²) in [5.74, 6) is 8.91. The van der Waals surface area contributed by atoms with Gasteiger partial charge in [-0.05, 0) is 42.5 Å². The van der Waals surface area contributed by atoms with Gasteiger partial charge in [-0.3, -0.25) is 0 Å². The van der Waals surface area contributed by atoms with Crippen LogP contribution >= 0.6 is 11.8 Å². The van der Waals surface area contributed by atoms with Crippen LogP contribution < -0.4 is 10.5 Å². The van der Waals surface area contributed by atoms with Crippen molar-refractivity contribution in [3.05, 3.63) is 29.3 Å². The standard InChI is InChI=1S/C18H25NOS/c1-14-5-3-7-18(11-14)21-13-16-12-17(20-2)9-8-15(16)6-4-10-19/h8-9,12,14,18H,3,5,7,10-11,13,19H2,1-2H3. The van der Waals surface area contributed by atoms with E-state index >= 15 is 0 Å². The lowest BCUT2D eigenvalue weighted by Crippen LogP contribution is -2.15. The second-order valence-corrected chi connectivity index (χ2v) is 7.02. The summed E-state index contributed by atoms with van der Waals surface area (Å²) in [4.78, 5) is 0. The van der Waals surface area contributed by atoms with Crippen LogP contribution in [-0.2, 0) is 5.75 Å². The molecule has 0 radical (unpaired) electrons. The minimum Gasteiger partial charge on any atom is -0.497 e. The summed E-state index contributed by atoms with van der Waals surface area (Å²) in [7, 11) is 1.71. The fourth-order valence-corrected chi connectivity index (χ4v) is 4.27. The summed E-state index contributed by atoms with van der Waals surface area (Å²) in [6.07, 6.45) is 5.46. The number of methoxy groups -OCH3 is 1. The lowest BCUT2D eigenvalue weighted by Gasteiger charge is -2.26. The number of hydrogen-bond donors (Lipinski definition) is 1. The summed E-state index contributed by atoms with van der Waals surface area (Å²) in [5, 5.41) is 0.787. The molecule has 1 aliphatic rings. The highest BCUT2D eigenvalue weighted by Crippen LogP contribution is 2.34. The van der Waals surface area contributed by atoms with Crippen LogP contribution in [0.25, 0.3) is 0 Å². The minimum absolute atomic E-state index is 0.402. The predicted octanol–water partition coefficient (Wildman–Crippen LogP) is 3.82. The Hall–Kier alpha value is -1.11.